The molecule has 222 valence electrons. The Balaban J connectivity index is 1.74. The van der Waals surface area contributed by atoms with Gasteiger partial charge in [0.25, 0.3) is 0 Å². The largest absolute Gasteiger partial charge is 0.289 e. The minimum absolute atomic E-state index is 1.25. The summed E-state index contributed by atoms with van der Waals surface area (Å²) in [5, 5.41) is 0. The molecule has 1 aliphatic heterocycles. The molecule has 1 saturated heterocycles. The summed E-state index contributed by atoms with van der Waals surface area (Å²) in [4.78, 5) is 5.43. The van der Waals surface area contributed by atoms with Crippen LogP contribution in [-0.4, -0.2) is 42.6 Å². The average Bonchev–Trinajstić information content (AvgIpc) is 3.36. The van der Waals surface area contributed by atoms with Crippen molar-refractivity contribution in [1.82, 2.24) is 9.80 Å². The first-order valence-corrected chi connectivity index (χ1v) is 17.8. The third kappa shape index (κ3) is 24.7. The average molecular weight is 521 g/mol. The lowest BCUT2D eigenvalue weighted by molar-refractivity contribution is 0.238. The molecule has 0 unspecified atom stereocenters. The lowest BCUT2D eigenvalue weighted by atomic mass is 10.0. The summed E-state index contributed by atoms with van der Waals surface area (Å²) in [5.74, 6) is 0. The van der Waals surface area contributed by atoms with Gasteiger partial charge in [0.05, 0.1) is 6.67 Å². The van der Waals surface area contributed by atoms with Crippen molar-refractivity contribution in [3.05, 3.63) is 0 Å². The van der Waals surface area contributed by atoms with Gasteiger partial charge in [0, 0.05) is 13.1 Å². The molecule has 2 nitrogen and oxygen atoms in total. The lowest BCUT2D eigenvalue weighted by Gasteiger charge is -2.18. The zero-order chi connectivity index (χ0) is 26.5. The Bertz CT molecular complexity index is 385. The zero-order valence-corrected chi connectivity index (χ0v) is 26.2. The SMILES string of the molecule is CCCCCCCCCCCCCCCCN1CCN(CCCCCCCCCCCCCCCC)C1. The second-order valence-electron chi connectivity index (χ2n) is 12.6. The predicted octanol–water partition coefficient (Wildman–Crippen LogP) is 11.5. The minimum Gasteiger partial charge on any atom is -0.289 e. The van der Waals surface area contributed by atoms with Crippen molar-refractivity contribution < 1.29 is 0 Å². The standard InChI is InChI=1S/C35H72N2/c1-3-5-7-9-11-13-15-17-19-21-23-25-27-29-31-36-33-34-37(35-36)32-30-28-26-24-22-20-18-16-14-12-10-8-6-4-2/h3-35H2,1-2H3. The van der Waals surface area contributed by atoms with Crippen molar-refractivity contribution in [3.63, 3.8) is 0 Å². The predicted molar refractivity (Wildman–Crippen MR) is 169 cm³/mol. The molecule has 37 heavy (non-hydrogen) atoms. The monoisotopic (exact) mass is 521 g/mol. The van der Waals surface area contributed by atoms with Crippen LogP contribution in [0.3, 0.4) is 0 Å². The van der Waals surface area contributed by atoms with E-state index in [-0.39, 0.29) is 0 Å². The van der Waals surface area contributed by atoms with Crippen molar-refractivity contribution in [1.29, 1.82) is 0 Å². The van der Waals surface area contributed by atoms with Crippen LogP contribution in [0, 0.1) is 0 Å². The van der Waals surface area contributed by atoms with E-state index in [2.05, 4.69) is 23.6 Å². The molecule has 1 aliphatic rings. The third-order valence-corrected chi connectivity index (χ3v) is 8.79. The highest BCUT2D eigenvalue weighted by Crippen LogP contribution is 2.15. The molecule has 0 aromatic carbocycles. The smallest absolute Gasteiger partial charge is 0.0507 e. The number of unbranched alkanes of at least 4 members (excludes halogenated alkanes) is 26. The van der Waals surface area contributed by atoms with Gasteiger partial charge in [-0.1, -0.05) is 181 Å². The molecule has 1 rings (SSSR count). The Labute approximate surface area is 236 Å². The Kier molecular flexibility index (Phi) is 27.3. The lowest BCUT2D eigenvalue weighted by Crippen LogP contribution is -2.27. The van der Waals surface area contributed by atoms with Crippen LogP contribution in [0.4, 0.5) is 0 Å². The molecule has 0 N–H and O–H groups in total. The molecule has 0 saturated carbocycles. The first kappa shape index (κ1) is 34.9. The maximum Gasteiger partial charge on any atom is 0.0507 e. The topological polar surface area (TPSA) is 6.48 Å². The molecule has 0 aromatic heterocycles. The molecular weight excluding hydrogens is 448 g/mol. The second kappa shape index (κ2) is 28.9. The van der Waals surface area contributed by atoms with E-state index in [0.29, 0.717) is 0 Å². The quantitative estimate of drug-likeness (QED) is 0.0869. The fourth-order valence-electron chi connectivity index (χ4n) is 6.13. The number of rotatable bonds is 30. The summed E-state index contributed by atoms with van der Waals surface area (Å²) in [6.07, 6.45) is 40.9. The summed E-state index contributed by atoms with van der Waals surface area (Å²) in [5.41, 5.74) is 0. The van der Waals surface area contributed by atoms with E-state index < -0.39 is 0 Å². The van der Waals surface area contributed by atoms with Crippen LogP contribution in [0.15, 0.2) is 0 Å². The highest BCUT2D eigenvalue weighted by atomic mass is 15.4. The van der Waals surface area contributed by atoms with Gasteiger partial charge >= 0.3 is 0 Å². The molecule has 0 aliphatic carbocycles. The van der Waals surface area contributed by atoms with E-state index in [4.69, 9.17) is 0 Å². The Morgan fingerprint density at radius 2 is 0.514 bits per heavy atom. The van der Waals surface area contributed by atoms with Gasteiger partial charge in [-0.15, -0.1) is 0 Å². The molecule has 0 atom stereocenters. The summed E-state index contributed by atoms with van der Waals surface area (Å²) < 4.78 is 0. The van der Waals surface area contributed by atoms with Crippen molar-refractivity contribution >= 4 is 0 Å². The van der Waals surface area contributed by atoms with Gasteiger partial charge in [-0.2, -0.15) is 0 Å². The van der Waals surface area contributed by atoms with E-state index in [9.17, 15) is 0 Å². The second-order valence-corrected chi connectivity index (χ2v) is 12.6. The molecule has 0 amide bonds. The van der Waals surface area contributed by atoms with Crippen molar-refractivity contribution in [2.24, 2.45) is 0 Å². The Hall–Kier alpha value is -0.0800. The van der Waals surface area contributed by atoms with Gasteiger partial charge < -0.3 is 0 Å². The number of hydrogen-bond donors (Lipinski definition) is 0. The normalized spacial score (nSPS) is 14.8. The summed E-state index contributed by atoms with van der Waals surface area (Å²) in [7, 11) is 0. The maximum atomic E-state index is 2.71. The molecular formula is C35H72N2. The summed E-state index contributed by atoms with van der Waals surface area (Å²) in [6.45, 7) is 11.2. The minimum atomic E-state index is 1.25. The van der Waals surface area contributed by atoms with Gasteiger partial charge in [-0.05, 0) is 25.9 Å². The van der Waals surface area contributed by atoms with Crippen LogP contribution in [0.5, 0.6) is 0 Å². The molecule has 0 aromatic rings. The van der Waals surface area contributed by atoms with E-state index in [1.807, 2.05) is 0 Å². The van der Waals surface area contributed by atoms with Crippen molar-refractivity contribution in [2.75, 3.05) is 32.8 Å². The Morgan fingerprint density at radius 3 is 0.757 bits per heavy atom. The number of nitrogens with zero attached hydrogens (tertiary/aromatic N) is 2. The first-order valence-electron chi connectivity index (χ1n) is 17.8. The molecule has 1 fully saturated rings. The van der Waals surface area contributed by atoms with Gasteiger partial charge in [0.1, 0.15) is 0 Å². The molecule has 1 heterocycles. The molecule has 0 bridgehead atoms. The van der Waals surface area contributed by atoms with Gasteiger partial charge in [0.2, 0.25) is 0 Å². The summed E-state index contributed by atoms with van der Waals surface area (Å²) >= 11 is 0. The highest BCUT2D eigenvalue weighted by molar-refractivity contribution is 4.71. The van der Waals surface area contributed by atoms with E-state index >= 15 is 0 Å². The van der Waals surface area contributed by atoms with E-state index in [1.54, 1.807) is 0 Å². The van der Waals surface area contributed by atoms with Crippen molar-refractivity contribution in [3.8, 4) is 0 Å². The van der Waals surface area contributed by atoms with Crippen LogP contribution in [0.1, 0.15) is 194 Å². The zero-order valence-electron chi connectivity index (χ0n) is 26.2. The van der Waals surface area contributed by atoms with Crippen LogP contribution in [0.2, 0.25) is 0 Å². The first-order chi connectivity index (χ1) is 18.4. The summed E-state index contributed by atoms with van der Waals surface area (Å²) in [6, 6.07) is 0. The van der Waals surface area contributed by atoms with E-state index in [0.717, 1.165) is 0 Å². The fraction of sp³-hybridized carbons (Fsp3) is 1.00. The van der Waals surface area contributed by atoms with Crippen LogP contribution in [-0.2, 0) is 0 Å². The van der Waals surface area contributed by atoms with Crippen LogP contribution >= 0.6 is 0 Å². The molecule has 2 heteroatoms. The molecule has 0 spiro atoms. The van der Waals surface area contributed by atoms with Gasteiger partial charge in [-0.3, -0.25) is 9.80 Å². The van der Waals surface area contributed by atoms with Gasteiger partial charge in [-0.25, -0.2) is 0 Å². The third-order valence-electron chi connectivity index (χ3n) is 8.79. The van der Waals surface area contributed by atoms with Gasteiger partial charge in [0.15, 0.2) is 0 Å². The highest BCUT2D eigenvalue weighted by Gasteiger charge is 2.18. The van der Waals surface area contributed by atoms with Crippen LogP contribution in [0.25, 0.3) is 0 Å². The van der Waals surface area contributed by atoms with Crippen molar-refractivity contribution in [2.45, 2.75) is 194 Å². The number of hydrogen-bond acceptors (Lipinski definition) is 2. The van der Waals surface area contributed by atoms with E-state index in [1.165, 1.54) is 213 Å². The Morgan fingerprint density at radius 1 is 0.297 bits per heavy atom. The maximum absolute atomic E-state index is 2.71. The molecule has 0 radical (unpaired) electrons. The van der Waals surface area contributed by atoms with Crippen LogP contribution < -0.4 is 0 Å². The fourth-order valence-corrected chi connectivity index (χ4v) is 6.13.